The fraction of sp³-hybridized carbons (Fsp3) is 0.200. The van der Waals surface area contributed by atoms with Gasteiger partial charge in [0.15, 0.2) is 0 Å². The Bertz CT molecular complexity index is 584. The topological polar surface area (TPSA) is 54.0 Å². The largest absolute Gasteiger partial charge is 0.387 e. The predicted octanol–water partition coefficient (Wildman–Crippen LogP) is 2.23. The lowest BCUT2D eigenvalue weighted by atomic mass is 10.1. The van der Waals surface area contributed by atoms with Crippen molar-refractivity contribution >= 4 is 11.6 Å². The maximum Gasteiger partial charge on any atom is 0.269 e. The second-order valence-corrected chi connectivity index (χ2v) is 4.32. The van der Waals surface area contributed by atoms with E-state index in [-0.39, 0.29) is 11.7 Å². The van der Waals surface area contributed by atoms with Crippen LogP contribution in [0, 0.1) is 5.82 Å². The first-order valence-electron chi connectivity index (χ1n) is 6.35. The molecule has 2 aromatic rings. The smallest absolute Gasteiger partial charge is 0.269 e. The summed E-state index contributed by atoms with van der Waals surface area (Å²) in [5.74, 6) is -0.498. The molecule has 1 amide bonds. The molecular weight excluding hydrogens is 257 g/mol. The summed E-state index contributed by atoms with van der Waals surface area (Å²) in [5.41, 5.74) is 2.06. The van der Waals surface area contributed by atoms with Gasteiger partial charge in [-0.1, -0.05) is 12.1 Å². The van der Waals surface area contributed by atoms with E-state index in [4.69, 9.17) is 0 Å². The number of nitrogens with one attached hydrogen (secondary N) is 2. The van der Waals surface area contributed by atoms with E-state index in [2.05, 4.69) is 15.6 Å². The van der Waals surface area contributed by atoms with Crippen LogP contribution in [0.2, 0.25) is 0 Å². The molecule has 104 valence electrons. The highest BCUT2D eigenvalue weighted by Crippen LogP contribution is 2.05. The van der Waals surface area contributed by atoms with Crippen molar-refractivity contribution in [3.05, 3.63) is 59.7 Å². The number of halogens is 1. The highest BCUT2D eigenvalue weighted by Gasteiger charge is 2.06. The number of pyridine rings is 1. The highest BCUT2D eigenvalue weighted by atomic mass is 19.1. The number of amides is 1. The Balaban J connectivity index is 1.85. The van der Waals surface area contributed by atoms with Gasteiger partial charge in [-0.2, -0.15) is 0 Å². The summed E-state index contributed by atoms with van der Waals surface area (Å²) >= 11 is 0. The van der Waals surface area contributed by atoms with Crippen LogP contribution in [0.4, 0.5) is 10.1 Å². The molecule has 0 bridgehead atoms. The standard InChI is InChI=1S/C15H16FN3O/c1-17-13-5-6-14(19-10-13)15(20)18-8-7-11-3-2-4-12(16)9-11/h2-6,9-10,17H,7-8H2,1H3,(H,18,20). The summed E-state index contributed by atoms with van der Waals surface area (Å²) in [5, 5.41) is 5.69. The molecule has 0 saturated carbocycles. The van der Waals surface area contributed by atoms with E-state index in [0.717, 1.165) is 11.3 Å². The molecule has 0 saturated heterocycles. The molecule has 0 radical (unpaired) electrons. The van der Waals surface area contributed by atoms with Crippen molar-refractivity contribution in [1.29, 1.82) is 0 Å². The second kappa shape index (κ2) is 6.65. The minimum Gasteiger partial charge on any atom is -0.387 e. The molecule has 0 unspecified atom stereocenters. The average molecular weight is 273 g/mol. The van der Waals surface area contributed by atoms with Gasteiger partial charge >= 0.3 is 0 Å². The van der Waals surface area contributed by atoms with E-state index < -0.39 is 0 Å². The van der Waals surface area contributed by atoms with Crippen molar-refractivity contribution in [3.8, 4) is 0 Å². The van der Waals surface area contributed by atoms with Crippen LogP contribution in [0.25, 0.3) is 0 Å². The van der Waals surface area contributed by atoms with Gasteiger partial charge in [0.1, 0.15) is 11.5 Å². The molecule has 20 heavy (non-hydrogen) atoms. The number of carbonyl (C=O) groups is 1. The summed E-state index contributed by atoms with van der Waals surface area (Å²) in [4.78, 5) is 15.9. The van der Waals surface area contributed by atoms with E-state index in [1.807, 2.05) is 6.07 Å². The Hall–Kier alpha value is -2.43. The van der Waals surface area contributed by atoms with Crippen molar-refractivity contribution in [2.24, 2.45) is 0 Å². The molecular formula is C15H16FN3O. The van der Waals surface area contributed by atoms with E-state index in [1.54, 1.807) is 31.4 Å². The third kappa shape index (κ3) is 3.78. The molecule has 1 aromatic carbocycles. The lowest BCUT2D eigenvalue weighted by Crippen LogP contribution is -2.26. The Labute approximate surface area is 117 Å². The average Bonchev–Trinajstić information content (AvgIpc) is 2.47. The number of hydrogen-bond acceptors (Lipinski definition) is 3. The van der Waals surface area contributed by atoms with Crippen molar-refractivity contribution in [2.75, 3.05) is 18.9 Å². The monoisotopic (exact) mass is 273 g/mol. The van der Waals surface area contributed by atoms with Gasteiger partial charge in [0.2, 0.25) is 0 Å². The minimum absolute atomic E-state index is 0.232. The van der Waals surface area contributed by atoms with Gasteiger partial charge in [0, 0.05) is 13.6 Å². The van der Waals surface area contributed by atoms with Crippen LogP contribution >= 0.6 is 0 Å². The molecule has 0 aliphatic carbocycles. The number of hydrogen-bond donors (Lipinski definition) is 2. The normalized spacial score (nSPS) is 10.1. The summed E-state index contributed by atoms with van der Waals surface area (Å²) < 4.78 is 13.0. The van der Waals surface area contributed by atoms with E-state index in [1.165, 1.54) is 12.1 Å². The second-order valence-electron chi connectivity index (χ2n) is 4.32. The van der Waals surface area contributed by atoms with Gasteiger partial charge in [0.25, 0.3) is 5.91 Å². The molecule has 2 rings (SSSR count). The highest BCUT2D eigenvalue weighted by molar-refractivity contribution is 5.92. The first kappa shape index (κ1) is 14.0. The zero-order valence-electron chi connectivity index (χ0n) is 11.2. The summed E-state index contributed by atoms with van der Waals surface area (Å²) in [6, 6.07) is 9.79. The zero-order chi connectivity index (χ0) is 14.4. The minimum atomic E-state index is -0.266. The van der Waals surface area contributed by atoms with Crippen LogP contribution in [0.1, 0.15) is 16.1 Å². The van der Waals surface area contributed by atoms with Crippen LogP contribution < -0.4 is 10.6 Å². The molecule has 1 aromatic heterocycles. The molecule has 0 aliphatic rings. The number of rotatable bonds is 5. The Morgan fingerprint density at radius 2 is 2.15 bits per heavy atom. The summed E-state index contributed by atoms with van der Waals surface area (Å²) in [6.07, 6.45) is 2.18. The third-order valence-electron chi connectivity index (χ3n) is 2.87. The fourth-order valence-electron chi connectivity index (χ4n) is 1.78. The van der Waals surface area contributed by atoms with Crippen molar-refractivity contribution in [3.63, 3.8) is 0 Å². The lowest BCUT2D eigenvalue weighted by molar-refractivity contribution is 0.0949. The first-order valence-corrected chi connectivity index (χ1v) is 6.35. The number of anilines is 1. The predicted molar refractivity (Wildman–Crippen MR) is 76.2 cm³/mol. The number of carbonyl (C=O) groups excluding carboxylic acids is 1. The van der Waals surface area contributed by atoms with Crippen LogP contribution in [0.3, 0.4) is 0 Å². The van der Waals surface area contributed by atoms with Gasteiger partial charge in [-0.25, -0.2) is 9.37 Å². The molecule has 1 heterocycles. The SMILES string of the molecule is CNc1ccc(C(=O)NCCc2cccc(F)c2)nc1. The Morgan fingerprint density at radius 3 is 2.80 bits per heavy atom. The quantitative estimate of drug-likeness (QED) is 0.878. The van der Waals surface area contributed by atoms with Gasteiger partial charge in [-0.15, -0.1) is 0 Å². The number of nitrogens with zero attached hydrogens (tertiary/aromatic N) is 1. The van der Waals surface area contributed by atoms with E-state index in [0.29, 0.717) is 18.7 Å². The lowest BCUT2D eigenvalue weighted by Gasteiger charge is -2.06. The molecule has 4 nitrogen and oxygen atoms in total. The molecule has 0 spiro atoms. The van der Waals surface area contributed by atoms with Gasteiger partial charge in [-0.05, 0) is 36.2 Å². The number of aromatic nitrogens is 1. The summed E-state index contributed by atoms with van der Waals surface area (Å²) in [6.45, 7) is 0.442. The van der Waals surface area contributed by atoms with Crippen molar-refractivity contribution in [2.45, 2.75) is 6.42 Å². The third-order valence-corrected chi connectivity index (χ3v) is 2.87. The van der Waals surface area contributed by atoms with Gasteiger partial charge < -0.3 is 10.6 Å². The van der Waals surface area contributed by atoms with Crippen LogP contribution in [0.15, 0.2) is 42.6 Å². The van der Waals surface area contributed by atoms with Crippen molar-refractivity contribution in [1.82, 2.24) is 10.3 Å². The van der Waals surface area contributed by atoms with Crippen LogP contribution in [-0.2, 0) is 6.42 Å². The molecule has 0 fully saturated rings. The van der Waals surface area contributed by atoms with Gasteiger partial charge in [-0.3, -0.25) is 4.79 Å². The van der Waals surface area contributed by atoms with Crippen LogP contribution in [0.5, 0.6) is 0 Å². The van der Waals surface area contributed by atoms with Crippen LogP contribution in [-0.4, -0.2) is 24.5 Å². The number of benzene rings is 1. The summed E-state index contributed by atoms with van der Waals surface area (Å²) in [7, 11) is 1.79. The maximum atomic E-state index is 13.0. The molecule has 2 N–H and O–H groups in total. The Kier molecular flexibility index (Phi) is 4.65. The van der Waals surface area contributed by atoms with Gasteiger partial charge in [0.05, 0.1) is 11.9 Å². The Morgan fingerprint density at radius 1 is 1.30 bits per heavy atom. The molecule has 0 aliphatic heterocycles. The fourth-order valence-corrected chi connectivity index (χ4v) is 1.78. The van der Waals surface area contributed by atoms with E-state index >= 15 is 0 Å². The van der Waals surface area contributed by atoms with Crippen molar-refractivity contribution < 1.29 is 9.18 Å². The first-order chi connectivity index (χ1) is 9.69. The van der Waals surface area contributed by atoms with E-state index in [9.17, 15) is 9.18 Å². The zero-order valence-corrected chi connectivity index (χ0v) is 11.2. The maximum absolute atomic E-state index is 13.0. The molecule has 0 atom stereocenters. The molecule has 5 heteroatoms.